The molecular weight excluding hydrogens is 416 g/mol. The Balaban J connectivity index is 2.01. The highest BCUT2D eigenvalue weighted by atomic mass is 79.9. The van der Waals surface area contributed by atoms with Crippen molar-refractivity contribution in [1.82, 2.24) is 15.4 Å². The Hall–Kier alpha value is -3.20. The van der Waals surface area contributed by atoms with Gasteiger partial charge in [-0.2, -0.15) is 15.4 Å². The van der Waals surface area contributed by atoms with Crippen LogP contribution in [0.3, 0.4) is 0 Å². The lowest BCUT2D eigenvalue weighted by atomic mass is 10.1. The van der Waals surface area contributed by atoms with Gasteiger partial charge in [-0.25, -0.2) is 4.79 Å². The van der Waals surface area contributed by atoms with Crippen LogP contribution in [0.4, 0.5) is 0 Å². The van der Waals surface area contributed by atoms with Gasteiger partial charge in [0.05, 0.1) is 16.6 Å². The Morgan fingerprint density at radius 3 is 2.59 bits per heavy atom. The van der Waals surface area contributed by atoms with E-state index in [0.717, 1.165) is 0 Å². The number of carbonyl (C=O) groups is 2. The summed E-state index contributed by atoms with van der Waals surface area (Å²) in [5.41, 5.74) is 6.51. The van der Waals surface area contributed by atoms with Crippen LogP contribution >= 0.6 is 15.9 Å². The zero-order chi connectivity index (χ0) is 19.4. The molecular formula is C18H15BrN4O4. The van der Waals surface area contributed by atoms with Gasteiger partial charge in [-0.15, -0.1) is 0 Å². The number of nitrogens with one attached hydrogen (secondary N) is 1. The van der Waals surface area contributed by atoms with Gasteiger partial charge < -0.3 is 15.2 Å². The molecule has 9 heteroatoms. The van der Waals surface area contributed by atoms with Crippen molar-refractivity contribution in [2.24, 2.45) is 5.73 Å². The fourth-order valence-corrected chi connectivity index (χ4v) is 2.92. The number of H-pyrrole nitrogens is 1. The smallest absolute Gasteiger partial charge is 0.343 e. The van der Waals surface area contributed by atoms with Crippen LogP contribution in [0.15, 0.2) is 46.9 Å². The maximum Gasteiger partial charge on any atom is 0.343 e. The molecule has 0 unspecified atom stereocenters. The molecule has 0 radical (unpaired) electrons. The summed E-state index contributed by atoms with van der Waals surface area (Å²) in [7, 11) is 0. The van der Waals surface area contributed by atoms with Crippen LogP contribution in [-0.4, -0.2) is 33.9 Å². The quantitative estimate of drug-likeness (QED) is 0.458. The molecule has 2 aromatic carbocycles. The molecule has 0 aliphatic carbocycles. The lowest BCUT2D eigenvalue weighted by Gasteiger charge is -2.14. The van der Waals surface area contributed by atoms with Gasteiger partial charge in [0.25, 0.3) is 5.91 Å². The number of amides is 1. The summed E-state index contributed by atoms with van der Waals surface area (Å²) >= 11 is 3.38. The number of ether oxygens (including phenoxy) is 2. The topological polar surface area (TPSA) is 120 Å². The van der Waals surface area contributed by atoms with Crippen molar-refractivity contribution in [3.8, 4) is 22.8 Å². The minimum atomic E-state index is -0.715. The molecule has 0 atom stereocenters. The van der Waals surface area contributed by atoms with Gasteiger partial charge >= 0.3 is 5.97 Å². The number of esters is 1. The number of benzene rings is 2. The van der Waals surface area contributed by atoms with E-state index in [4.69, 9.17) is 15.2 Å². The summed E-state index contributed by atoms with van der Waals surface area (Å²) in [6, 6.07) is 11.8. The van der Waals surface area contributed by atoms with Crippen molar-refractivity contribution in [1.29, 1.82) is 0 Å². The SMILES string of the molecule is CCOc1cc(-c2n[nH]nc2C(N)=O)cc(Br)c1OC(=O)c1ccccc1. The second-order valence-electron chi connectivity index (χ2n) is 5.36. The van der Waals surface area contributed by atoms with Crippen LogP contribution in [0.5, 0.6) is 11.5 Å². The van der Waals surface area contributed by atoms with Crippen molar-refractivity contribution >= 4 is 27.8 Å². The first kappa shape index (κ1) is 18.6. The number of nitrogens with two attached hydrogens (primary N) is 1. The van der Waals surface area contributed by atoms with E-state index >= 15 is 0 Å². The number of aromatic nitrogens is 3. The summed E-state index contributed by atoms with van der Waals surface area (Å²) in [5, 5.41) is 10.1. The fourth-order valence-electron chi connectivity index (χ4n) is 2.40. The summed E-state index contributed by atoms with van der Waals surface area (Å²) in [4.78, 5) is 23.9. The standard InChI is InChI=1S/C18H15BrN4O4/c1-2-26-13-9-11(14-15(17(20)24)22-23-21-14)8-12(19)16(13)27-18(25)10-6-4-3-5-7-10/h3-9H,2H2,1H3,(H2,20,24)(H,21,22,23). The maximum absolute atomic E-state index is 12.4. The first-order valence-corrected chi connectivity index (χ1v) is 8.75. The number of halogens is 1. The minimum absolute atomic E-state index is 0.00150. The zero-order valence-corrected chi connectivity index (χ0v) is 15.8. The molecule has 0 saturated heterocycles. The third kappa shape index (κ3) is 3.98. The van der Waals surface area contributed by atoms with Gasteiger partial charge in [0.2, 0.25) is 0 Å². The van der Waals surface area contributed by atoms with E-state index in [9.17, 15) is 9.59 Å². The second-order valence-corrected chi connectivity index (χ2v) is 6.21. The second kappa shape index (κ2) is 8.00. The molecule has 27 heavy (non-hydrogen) atoms. The Morgan fingerprint density at radius 2 is 1.93 bits per heavy atom. The van der Waals surface area contributed by atoms with Gasteiger partial charge in [0.15, 0.2) is 17.2 Å². The van der Waals surface area contributed by atoms with Crippen molar-refractivity contribution in [2.75, 3.05) is 6.61 Å². The molecule has 0 aliphatic rings. The van der Waals surface area contributed by atoms with E-state index in [-0.39, 0.29) is 17.1 Å². The maximum atomic E-state index is 12.4. The zero-order valence-electron chi connectivity index (χ0n) is 14.2. The predicted molar refractivity (Wildman–Crippen MR) is 101 cm³/mol. The van der Waals surface area contributed by atoms with Crippen LogP contribution < -0.4 is 15.2 Å². The molecule has 8 nitrogen and oxygen atoms in total. The Bertz CT molecular complexity index is 988. The number of nitrogens with zero attached hydrogens (tertiary/aromatic N) is 2. The number of primary amides is 1. The number of aromatic amines is 1. The molecule has 0 bridgehead atoms. The van der Waals surface area contributed by atoms with Crippen molar-refractivity contribution < 1.29 is 19.1 Å². The van der Waals surface area contributed by atoms with Crippen molar-refractivity contribution in [3.05, 3.63) is 58.2 Å². The van der Waals surface area contributed by atoms with Crippen LogP contribution in [0.25, 0.3) is 11.3 Å². The summed E-state index contributed by atoms with van der Waals surface area (Å²) in [5.74, 6) is -0.708. The van der Waals surface area contributed by atoms with Gasteiger partial charge in [-0.1, -0.05) is 18.2 Å². The van der Waals surface area contributed by atoms with Gasteiger partial charge in [-0.05, 0) is 47.1 Å². The molecule has 1 aromatic heterocycles. The molecule has 0 fully saturated rings. The number of hydrogen-bond donors (Lipinski definition) is 2. The number of rotatable bonds is 6. The monoisotopic (exact) mass is 430 g/mol. The summed E-state index contributed by atoms with van der Waals surface area (Å²) < 4.78 is 11.6. The molecule has 3 aromatic rings. The lowest BCUT2D eigenvalue weighted by molar-refractivity contribution is 0.0727. The van der Waals surface area contributed by atoms with Gasteiger partial charge in [-0.3, -0.25) is 4.79 Å². The molecule has 3 rings (SSSR count). The van der Waals surface area contributed by atoms with Crippen LogP contribution in [0.1, 0.15) is 27.8 Å². The van der Waals surface area contributed by atoms with Gasteiger partial charge in [0, 0.05) is 5.56 Å². The molecule has 1 amide bonds. The number of carbonyl (C=O) groups excluding carboxylic acids is 2. The normalized spacial score (nSPS) is 10.4. The highest BCUT2D eigenvalue weighted by molar-refractivity contribution is 9.10. The Labute approximate surface area is 162 Å². The Morgan fingerprint density at radius 1 is 1.19 bits per heavy atom. The minimum Gasteiger partial charge on any atom is -0.490 e. The molecule has 3 N–H and O–H groups in total. The molecule has 0 aliphatic heterocycles. The van der Waals surface area contributed by atoms with Crippen LogP contribution in [0.2, 0.25) is 0 Å². The van der Waals surface area contributed by atoms with E-state index < -0.39 is 11.9 Å². The average Bonchev–Trinajstić information content (AvgIpc) is 3.15. The van der Waals surface area contributed by atoms with E-state index in [1.165, 1.54) is 0 Å². The fraction of sp³-hybridized carbons (Fsp3) is 0.111. The molecule has 0 saturated carbocycles. The number of hydrogen-bond acceptors (Lipinski definition) is 6. The molecule has 1 heterocycles. The first-order chi connectivity index (χ1) is 13.0. The summed E-state index contributed by atoms with van der Waals surface area (Å²) in [6.45, 7) is 2.14. The lowest BCUT2D eigenvalue weighted by Crippen LogP contribution is -2.13. The van der Waals surface area contributed by atoms with E-state index in [1.54, 1.807) is 49.4 Å². The van der Waals surface area contributed by atoms with Crippen molar-refractivity contribution in [2.45, 2.75) is 6.92 Å². The highest BCUT2D eigenvalue weighted by Crippen LogP contribution is 2.40. The van der Waals surface area contributed by atoms with E-state index in [2.05, 4.69) is 31.3 Å². The van der Waals surface area contributed by atoms with E-state index in [0.29, 0.717) is 28.0 Å². The predicted octanol–water partition coefficient (Wildman–Crippen LogP) is 2.95. The first-order valence-electron chi connectivity index (χ1n) is 7.95. The largest absolute Gasteiger partial charge is 0.490 e. The average molecular weight is 431 g/mol. The Kier molecular flexibility index (Phi) is 5.51. The third-order valence-electron chi connectivity index (χ3n) is 3.57. The van der Waals surface area contributed by atoms with Gasteiger partial charge in [0.1, 0.15) is 5.69 Å². The van der Waals surface area contributed by atoms with Crippen molar-refractivity contribution in [3.63, 3.8) is 0 Å². The summed E-state index contributed by atoms with van der Waals surface area (Å²) in [6.07, 6.45) is 0. The molecule has 138 valence electrons. The van der Waals surface area contributed by atoms with Crippen LogP contribution in [0, 0.1) is 0 Å². The third-order valence-corrected chi connectivity index (χ3v) is 4.16. The molecule has 0 spiro atoms. The van der Waals surface area contributed by atoms with Crippen LogP contribution in [-0.2, 0) is 0 Å². The highest BCUT2D eigenvalue weighted by Gasteiger charge is 2.21. The van der Waals surface area contributed by atoms with E-state index in [1.807, 2.05) is 0 Å².